The van der Waals surface area contributed by atoms with E-state index in [1.807, 2.05) is 84.9 Å². The first kappa shape index (κ1) is 29.3. The van der Waals surface area contributed by atoms with E-state index in [1.54, 1.807) is 19.2 Å². The van der Waals surface area contributed by atoms with E-state index in [-0.39, 0.29) is 12.5 Å². The van der Waals surface area contributed by atoms with E-state index >= 15 is 0 Å². The van der Waals surface area contributed by atoms with Crippen molar-refractivity contribution >= 4 is 11.9 Å². The molecular weight excluding hydrogens is 516 g/mol. The molecule has 0 aliphatic carbocycles. The SMILES string of the molecule is CCOC(=O)C(Cc1ccc(OCCNC(=O)c2ccc(-c3ccccc3)nc2)cc1)Oc1ccc(C(C)C)cc1. The van der Waals surface area contributed by atoms with Crippen LogP contribution in [-0.2, 0) is 16.0 Å². The molecule has 0 fully saturated rings. The lowest BCUT2D eigenvalue weighted by atomic mass is 10.0. The summed E-state index contributed by atoms with van der Waals surface area (Å²) in [4.78, 5) is 29.5. The molecule has 7 nitrogen and oxygen atoms in total. The number of benzene rings is 3. The van der Waals surface area contributed by atoms with E-state index in [9.17, 15) is 9.59 Å². The van der Waals surface area contributed by atoms with E-state index in [2.05, 4.69) is 24.1 Å². The van der Waals surface area contributed by atoms with Gasteiger partial charge >= 0.3 is 5.97 Å². The average Bonchev–Trinajstić information content (AvgIpc) is 3.00. The quantitative estimate of drug-likeness (QED) is 0.156. The van der Waals surface area contributed by atoms with Gasteiger partial charge in [0.1, 0.15) is 18.1 Å². The first-order valence-electron chi connectivity index (χ1n) is 13.9. The fourth-order valence-corrected chi connectivity index (χ4v) is 4.18. The smallest absolute Gasteiger partial charge is 0.347 e. The number of aromatic nitrogens is 1. The van der Waals surface area contributed by atoms with Gasteiger partial charge in [0.15, 0.2) is 6.10 Å². The standard InChI is InChI=1S/C34H36N2O5/c1-4-39-34(38)32(41-30-17-12-26(13-18-30)24(2)3)22-25-10-15-29(16-11-25)40-21-20-35-33(37)28-14-19-31(36-23-28)27-8-6-5-7-9-27/h5-19,23-24,32H,4,20-22H2,1-3H3,(H,35,37). The molecule has 1 N–H and O–H groups in total. The van der Waals surface area contributed by atoms with Gasteiger partial charge in [-0.2, -0.15) is 0 Å². The first-order chi connectivity index (χ1) is 19.9. The number of ether oxygens (including phenoxy) is 3. The van der Waals surface area contributed by atoms with Crippen LogP contribution in [0.5, 0.6) is 11.5 Å². The van der Waals surface area contributed by atoms with Gasteiger partial charge in [-0.15, -0.1) is 0 Å². The molecule has 0 aliphatic rings. The van der Waals surface area contributed by atoms with Crippen LogP contribution in [0, 0.1) is 0 Å². The normalized spacial score (nSPS) is 11.5. The molecule has 0 bridgehead atoms. The van der Waals surface area contributed by atoms with Crippen molar-refractivity contribution in [2.75, 3.05) is 19.8 Å². The van der Waals surface area contributed by atoms with Crippen molar-refractivity contribution in [3.8, 4) is 22.8 Å². The number of nitrogens with one attached hydrogen (secondary N) is 1. The fraction of sp³-hybridized carbons (Fsp3) is 0.265. The number of nitrogens with zero attached hydrogens (tertiary/aromatic N) is 1. The minimum absolute atomic E-state index is 0.208. The molecule has 1 unspecified atom stereocenters. The van der Waals surface area contributed by atoms with Gasteiger partial charge in [-0.25, -0.2) is 4.79 Å². The Hall–Kier alpha value is -4.65. The van der Waals surface area contributed by atoms with Crippen LogP contribution in [0.3, 0.4) is 0 Å². The van der Waals surface area contributed by atoms with Gasteiger partial charge in [0.05, 0.1) is 24.4 Å². The van der Waals surface area contributed by atoms with Gasteiger partial charge in [-0.3, -0.25) is 9.78 Å². The topological polar surface area (TPSA) is 86.8 Å². The maximum absolute atomic E-state index is 12.6. The van der Waals surface area contributed by atoms with Crippen molar-refractivity contribution in [1.82, 2.24) is 10.3 Å². The van der Waals surface area contributed by atoms with Crippen LogP contribution in [0.1, 0.15) is 48.2 Å². The molecule has 1 atom stereocenters. The molecule has 1 aromatic heterocycles. The molecular formula is C34H36N2O5. The Morgan fingerprint density at radius 3 is 2.20 bits per heavy atom. The fourth-order valence-electron chi connectivity index (χ4n) is 4.18. The van der Waals surface area contributed by atoms with Crippen molar-refractivity contribution in [2.45, 2.75) is 39.2 Å². The number of carbonyl (C=O) groups is 2. The highest BCUT2D eigenvalue weighted by molar-refractivity contribution is 5.94. The molecule has 0 spiro atoms. The Morgan fingerprint density at radius 2 is 1.56 bits per heavy atom. The number of amides is 1. The van der Waals surface area contributed by atoms with Crippen molar-refractivity contribution in [2.24, 2.45) is 0 Å². The molecule has 41 heavy (non-hydrogen) atoms. The Labute approximate surface area is 241 Å². The minimum atomic E-state index is -0.766. The predicted molar refractivity (Wildman–Crippen MR) is 159 cm³/mol. The van der Waals surface area contributed by atoms with E-state index < -0.39 is 12.1 Å². The van der Waals surface area contributed by atoms with Crippen LogP contribution >= 0.6 is 0 Å². The van der Waals surface area contributed by atoms with Crippen LogP contribution in [0.2, 0.25) is 0 Å². The highest BCUT2D eigenvalue weighted by Crippen LogP contribution is 2.22. The number of esters is 1. The van der Waals surface area contributed by atoms with E-state index in [1.165, 1.54) is 5.56 Å². The summed E-state index contributed by atoms with van der Waals surface area (Å²) < 4.78 is 17.1. The third kappa shape index (κ3) is 8.67. The van der Waals surface area contributed by atoms with Crippen molar-refractivity contribution in [1.29, 1.82) is 0 Å². The lowest BCUT2D eigenvalue weighted by Crippen LogP contribution is -2.31. The Balaban J connectivity index is 1.25. The summed E-state index contributed by atoms with van der Waals surface area (Å²) in [7, 11) is 0. The number of pyridine rings is 1. The van der Waals surface area contributed by atoms with Gasteiger partial charge in [0.2, 0.25) is 0 Å². The Morgan fingerprint density at radius 1 is 0.854 bits per heavy atom. The average molecular weight is 553 g/mol. The van der Waals surface area contributed by atoms with E-state index in [0.717, 1.165) is 16.8 Å². The molecule has 0 aliphatic heterocycles. The minimum Gasteiger partial charge on any atom is -0.492 e. The van der Waals surface area contributed by atoms with Crippen LogP contribution in [-0.4, -0.2) is 42.7 Å². The molecule has 4 aromatic rings. The Kier molecular flexibility index (Phi) is 10.5. The summed E-state index contributed by atoms with van der Waals surface area (Å²) in [6.45, 7) is 6.97. The zero-order chi connectivity index (χ0) is 29.0. The second kappa shape index (κ2) is 14.7. The van der Waals surface area contributed by atoms with Crippen molar-refractivity contribution in [3.63, 3.8) is 0 Å². The molecule has 212 valence electrons. The van der Waals surface area contributed by atoms with Crippen LogP contribution in [0.25, 0.3) is 11.3 Å². The highest BCUT2D eigenvalue weighted by atomic mass is 16.6. The lowest BCUT2D eigenvalue weighted by Gasteiger charge is -2.18. The molecule has 7 heteroatoms. The van der Waals surface area contributed by atoms with E-state index in [0.29, 0.717) is 42.6 Å². The molecule has 1 amide bonds. The van der Waals surface area contributed by atoms with Crippen LogP contribution < -0.4 is 14.8 Å². The van der Waals surface area contributed by atoms with Gasteiger partial charge in [-0.1, -0.05) is 68.4 Å². The zero-order valence-corrected chi connectivity index (χ0v) is 23.7. The van der Waals surface area contributed by atoms with Gasteiger partial charge in [0, 0.05) is 18.2 Å². The zero-order valence-electron chi connectivity index (χ0n) is 23.7. The molecule has 0 radical (unpaired) electrons. The predicted octanol–water partition coefficient (Wildman–Crippen LogP) is 6.23. The molecule has 0 saturated carbocycles. The lowest BCUT2D eigenvalue weighted by molar-refractivity contribution is -0.151. The summed E-state index contributed by atoms with van der Waals surface area (Å²) in [6.07, 6.45) is 1.17. The number of carbonyl (C=O) groups excluding carboxylic acids is 2. The number of hydrogen-bond acceptors (Lipinski definition) is 6. The summed E-state index contributed by atoms with van der Waals surface area (Å²) in [5.74, 6) is 1.09. The third-order valence-electron chi connectivity index (χ3n) is 6.47. The molecule has 0 saturated heterocycles. The van der Waals surface area contributed by atoms with E-state index in [4.69, 9.17) is 14.2 Å². The number of hydrogen-bond donors (Lipinski definition) is 1. The highest BCUT2D eigenvalue weighted by Gasteiger charge is 2.22. The summed E-state index contributed by atoms with van der Waals surface area (Å²) in [5.41, 5.74) is 4.42. The Bertz CT molecular complexity index is 1390. The second-order valence-corrected chi connectivity index (χ2v) is 9.83. The summed E-state index contributed by atoms with van der Waals surface area (Å²) >= 11 is 0. The summed E-state index contributed by atoms with van der Waals surface area (Å²) in [5, 5.41) is 2.85. The van der Waals surface area contributed by atoms with Crippen molar-refractivity contribution < 1.29 is 23.8 Å². The largest absolute Gasteiger partial charge is 0.492 e. The molecule has 1 heterocycles. The van der Waals surface area contributed by atoms with Gasteiger partial charge in [0.25, 0.3) is 5.91 Å². The van der Waals surface area contributed by atoms with Crippen LogP contribution in [0.4, 0.5) is 0 Å². The third-order valence-corrected chi connectivity index (χ3v) is 6.47. The van der Waals surface area contributed by atoms with Crippen molar-refractivity contribution in [3.05, 3.63) is 114 Å². The van der Waals surface area contributed by atoms with Gasteiger partial charge < -0.3 is 19.5 Å². The first-order valence-corrected chi connectivity index (χ1v) is 13.9. The number of rotatable bonds is 13. The van der Waals surface area contributed by atoms with Crippen LogP contribution in [0.15, 0.2) is 97.2 Å². The van der Waals surface area contributed by atoms with Gasteiger partial charge in [-0.05, 0) is 60.4 Å². The maximum Gasteiger partial charge on any atom is 0.347 e. The maximum atomic E-state index is 12.6. The second-order valence-electron chi connectivity index (χ2n) is 9.83. The summed E-state index contributed by atoms with van der Waals surface area (Å²) in [6, 6.07) is 28.7. The monoisotopic (exact) mass is 552 g/mol. The molecule has 4 rings (SSSR count). The molecule has 3 aromatic carbocycles.